The van der Waals surface area contributed by atoms with Gasteiger partial charge in [-0.3, -0.25) is 4.79 Å². The van der Waals surface area contributed by atoms with E-state index in [0.717, 1.165) is 31.4 Å². The lowest BCUT2D eigenvalue weighted by Crippen LogP contribution is -2.25. The minimum absolute atomic E-state index is 0.134. The van der Waals surface area contributed by atoms with E-state index in [1.54, 1.807) is 4.90 Å². The van der Waals surface area contributed by atoms with E-state index >= 15 is 0 Å². The molecule has 1 aromatic rings. The van der Waals surface area contributed by atoms with Crippen LogP contribution in [0.4, 0.5) is 0 Å². The van der Waals surface area contributed by atoms with Crippen molar-refractivity contribution in [2.24, 2.45) is 0 Å². The first-order chi connectivity index (χ1) is 11.1. The maximum atomic E-state index is 12.6. The van der Waals surface area contributed by atoms with Gasteiger partial charge in [0.1, 0.15) is 5.69 Å². The SMILES string of the molecule is CCCCOC(=O)/C=C1\c2ccc(C)nc2C(=O)N1CCCC. The highest BCUT2D eigenvalue weighted by molar-refractivity contribution is 6.10. The lowest BCUT2D eigenvalue weighted by molar-refractivity contribution is -0.137. The van der Waals surface area contributed by atoms with Crippen molar-refractivity contribution in [1.29, 1.82) is 0 Å². The van der Waals surface area contributed by atoms with E-state index in [4.69, 9.17) is 4.74 Å². The number of ether oxygens (including phenoxy) is 1. The van der Waals surface area contributed by atoms with Crippen LogP contribution >= 0.6 is 0 Å². The largest absolute Gasteiger partial charge is 0.462 e. The molecule has 1 aliphatic heterocycles. The number of fused-ring (bicyclic) bond motifs is 1. The molecular weight excluding hydrogens is 292 g/mol. The zero-order chi connectivity index (χ0) is 16.8. The third-order valence-corrected chi connectivity index (χ3v) is 3.78. The van der Waals surface area contributed by atoms with E-state index in [1.807, 2.05) is 26.0 Å². The van der Waals surface area contributed by atoms with E-state index in [9.17, 15) is 9.59 Å². The Balaban J connectivity index is 2.29. The molecule has 5 heteroatoms. The Morgan fingerprint density at radius 2 is 2.00 bits per heavy atom. The summed E-state index contributed by atoms with van der Waals surface area (Å²) in [7, 11) is 0. The summed E-state index contributed by atoms with van der Waals surface area (Å²) in [5.41, 5.74) is 2.53. The average molecular weight is 316 g/mol. The molecule has 0 aromatic carbocycles. The molecular formula is C18H24N2O3. The summed E-state index contributed by atoms with van der Waals surface area (Å²) in [6.45, 7) is 6.95. The van der Waals surface area contributed by atoms with Crippen molar-refractivity contribution in [3.8, 4) is 0 Å². The van der Waals surface area contributed by atoms with Crippen molar-refractivity contribution in [2.45, 2.75) is 46.5 Å². The Morgan fingerprint density at radius 1 is 1.26 bits per heavy atom. The molecule has 0 atom stereocenters. The van der Waals surface area contributed by atoms with Crippen LogP contribution in [-0.4, -0.2) is 34.9 Å². The van der Waals surface area contributed by atoms with Crippen LogP contribution in [-0.2, 0) is 9.53 Å². The molecule has 0 saturated heterocycles. The van der Waals surface area contributed by atoms with Crippen LogP contribution in [0.25, 0.3) is 5.70 Å². The van der Waals surface area contributed by atoms with Gasteiger partial charge in [-0.25, -0.2) is 9.78 Å². The normalized spacial score (nSPS) is 15.2. The number of unbranched alkanes of at least 4 members (excludes halogenated alkanes) is 2. The first kappa shape index (κ1) is 17.2. The summed E-state index contributed by atoms with van der Waals surface area (Å²) in [6.07, 6.45) is 5.08. The molecule has 1 amide bonds. The number of carbonyl (C=O) groups excluding carboxylic acids is 2. The van der Waals surface area contributed by atoms with E-state index in [1.165, 1.54) is 6.08 Å². The molecule has 2 rings (SSSR count). The van der Waals surface area contributed by atoms with Gasteiger partial charge in [0.2, 0.25) is 0 Å². The van der Waals surface area contributed by atoms with Gasteiger partial charge in [0, 0.05) is 23.9 Å². The van der Waals surface area contributed by atoms with Gasteiger partial charge in [-0.05, 0) is 31.9 Å². The predicted molar refractivity (Wildman–Crippen MR) is 88.8 cm³/mol. The van der Waals surface area contributed by atoms with Gasteiger partial charge in [-0.15, -0.1) is 0 Å². The predicted octanol–water partition coefficient (Wildman–Crippen LogP) is 3.33. The number of hydrogen-bond donors (Lipinski definition) is 0. The third kappa shape index (κ3) is 3.97. The Bertz CT molecular complexity index is 623. The van der Waals surface area contributed by atoms with Gasteiger partial charge in [-0.2, -0.15) is 0 Å². The summed E-state index contributed by atoms with van der Waals surface area (Å²) in [5, 5.41) is 0. The summed E-state index contributed by atoms with van der Waals surface area (Å²) < 4.78 is 5.20. The fourth-order valence-electron chi connectivity index (χ4n) is 2.47. The maximum Gasteiger partial charge on any atom is 0.332 e. The molecule has 23 heavy (non-hydrogen) atoms. The highest BCUT2D eigenvalue weighted by atomic mass is 16.5. The van der Waals surface area contributed by atoms with Gasteiger partial charge in [0.15, 0.2) is 0 Å². The number of esters is 1. The first-order valence-corrected chi connectivity index (χ1v) is 8.26. The molecule has 124 valence electrons. The van der Waals surface area contributed by atoms with Gasteiger partial charge in [-0.1, -0.05) is 26.7 Å². The second kappa shape index (κ2) is 7.90. The Labute approximate surface area is 137 Å². The number of aromatic nitrogens is 1. The van der Waals surface area contributed by atoms with Gasteiger partial charge in [0.05, 0.1) is 12.3 Å². The second-order valence-corrected chi connectivity index (χ2v) is 5.71. The fraction of sp³-hybridized carbons (Fsp3) is 0.500. The van der Waals surface area contributed by atoms with E-state index in [-0.39, 0.29) is 5.91 Å². The lowest BCUT2D eigenvalue weighted by atomic mass is 10.1. The molecule has 2 heterocycles. The minimum Gasteiger partial charge on any atom is -0.462 e. The van der Waals surface area contributed by atoms with E-state index < -0.39 is 5.97 Å². The van der Waals surface area contributed by atoms with Crippen LogP contribution in [0, 0.1) is 6.92 Å². The Hall–Kier alpha value is -2.17. The van der Waals surface area contributed by atoms with Crippen LogP contribution in [0.3, 0.4) is 0 Å². The molecule has 1 aromatic heterocycles. The zero-order valence-corrected chi connectivity index (χ0v) is 14.1. The second-order valence-electron chi connectivity index (χ2n) is 5.71. The van der Waals surface area contributed by atoms with Crippen LogP contribution in [0.1, 0.15) is 61.3 Å². The number of nitrogens with zero attached hydrogens (tertiary/aromatic N) is 2. The van der Waals surface area contributed by atoms with Crippen LogP contribution in [0.15, 0.2) is 18.2 Å². The molecule has 0 fully saturated rings. The Morgan fingerprint density at radius 3 is 2.70 bits per heavy atom. The summed E-state index contributed by atoms with van der Waals surface area (Å²) in [5.74, 6) is -0.541. The molecule has 0 unspecified atom stereocenters. The van der Waals surface area contributed by atoms with Crippen molar-refractivity contribution >= 4 is 17.6 Å². The van der Waals surface area contributed by atoms with Crippen LogP contribution < -0.4 is 0 Å². The third-order valence-electron chi connectivity index (χ3n) is 3.78. The molecule has 1 aliphatic rings. The summed E-state index contributed by atoms with van der Waals surface area (Å²) >= 11 is 0. The number of pyridine rings is 1. The maximum absolute atomic E-state index is 12.6. The standard InChI is InChI=1S/C18H24N2O3/c1-4-6-10-20-15(12-16(21)23-11-7-5-2)14-9-8-13(3)19-17(14)18(20)22/h8-9,12H,4-7,10-11H2,1-3H3/b15-12+. The molecule has 0 N–H and O–H groups in total. The summed E-state index contributed by atoms with van der Waals surface area (Å²) in [6, 6.07) is 3.71. The molecule has 0 aliphatic carbocycles. The Kier molecular flexibility index (Phi) is 5.90. The number of carbonyl (C=O) groups is 2. The van der Waals surface area contributed by atoms with E-state index in [2.05, 4.69) is 11.9 Å². The molecule has 5 nitrogen and oxygen atoms in total. The molecule has 0 bridgehead atoms. The van der Waals surface area contributed by atoms with Crippen molar-refractivity contribution in [3.63, 3.8) is 0 Å². The van der Waals surface area contributed by atoms with Crippen molar-refractivity contribution < 1.29 is 14.3 Å². The number of rotatable bonds is 7. The molecule has 0 spiro atoms. The fourth-order valence-corrected chi connectivity index (χ4v) is 2.47. The van der Waals surface area contributed by atoms with Crippen LogP contribution in [0.5, 0.6) is 0 Å². The topological polar surface area (TPSA) is 59.5 Å². The van der Waals surface area contributed by atoms with Gasteiger partial charge >= 0.3 is 5.97 Å². The smallest absolute Gasteiger partial charge is 0.332 e. The number of amides is 1. The van der Waals surface area contributed by atoms with E-state index in [0.29, 0.717) is 30.1 Å². The number of hydrogen-bond acceptors (Lipinski definition) is 4. The van der Waals surface area contributed by atoms with Gasteiger partial charge in [0.25, 0.3) is 5.91 Å². The monoisotopic (exact) mass is 316 g/mol. The van der Waals surface area contributed by atoms with Crippen molar-refractivity contribution in [1.82, 2.24) is 9.88 Å². The quantitative estimate of drug-likeness (QED) is 0.440. The first-order valence-electron chi connectivity index (χ1n) is 8.26. The van der Waals surface area contributed by atoms with Crippen LogP contribution in [0.2, 0.25) is 0 Å². The van der Waals surface area contributed by atoms with Gasteiger partial charge < -0.3 is 9.64 Å². The highest BCUT2D eigenvalue weighted by Gasteiger charge is 2.33. The average Bonchev–Trinajstić information content (AvgIpc) is 2.77. The molecule has 0 radical (unpaired) electrons. The zero-order valence-electron chi connectivity index (χ0n) is 14.1. The lowest BCUT2D eigenvalue weighted by Gasteiger charge is -2.17. The number of aryl methyl sites for hydroxylation is 1. The van der Waals surface area contributed by atoms with Crippen molar-refractivity contribution in [2.75, 3.05) is 13.2 Å². The highest BCUT2D eigenvalue weighted by Crippen LogP contribution is 2.32. The molecule has 0 saturated carbocycles. The van der Waals surface area contributed by atoms with Crippen molar-refractivity contribution in [3.05, 3.63) is 35.2 Å². The minimum atomic E-state index is -0.406. The summed E-state index contributed by atoms with van der Waals surface area (Å²) in [4.78, 5) is 30.6.